The summed E-state index contributed by atoms with van der Waals surface area (Å²) in [5.41, 5.74) is 1.22. The first-order valence-corrected chi connectivity index (χ1v) is 10.4. The molecule has 25 heavy (non-hydrogen) atoms. The maximum Gasteiger partial charge on any atom is 0.191 e. The summed E-state index contributed by atoms with van der Waals surface area (Å²) in [4.78, 5) is 11.7. The first kappa shape index (κ1) is 22.2. The lowest BCUT2D eigenvalue weighted by Crippen LogP contribution is -2.38. The Kier molecular flexibility index (Phi) is 11.2. The summed E-state index contributed by atoms with van der Waals surface area (Å²) in [6.45, 7) is 6.62. The van der Waals surface area contributed by atoms with E-state index in [9.17, 15) is 0 Å². The van der Waals surface area contributed by atoms with Crippen LogP contribution in [0.1, 0.15) is 29.3 Å². The van der Waals surface area contributed by atoms with Gasteiger partial charge in [0.2, 0.25) is 0 Å². The van der Waals surface area contributed by atoms with E-state index < -0.39 is 0 Å². The summed E-state index contributed by atoms with van der Waals surface area (Å²) in [6, 6.07) is 8.56. The third-order valence-corrected chi connectivity index (χ3v) is 5.45. The third-order valence-electron chi connectivity index (χ3n) is 3.50. The van der Waals surface area contributed by atoms with Crippen LogP contribution in [0.3, 0.4) is 0 Å². The van der Waals surface area contributed by atoms with E-state index in [1.807, 2.05) is 6.20 Å². The van der Waals surface area contributed by atoms with Crippen molar-refractivity contribution < 1.29 is 0 Å². The minimum Gasteiger partial charge on any atom is -0.357 e. The molecule has 0 aliphatic carbocycles. The van der Waals surface area contributed by atoms with E-state index >= 15 is 0 Å². The summed E-state index contributed by atoms with van der Waals surface area (Å²) in [7, 11) is 0. The molecule has 0 atom stereocenters. The summed E-state index contributed by atoms with van der Waals surface area (Å²) in [5, 5.41) is 7.87. The number of thioether (sulfide) groups is 1. The number of nitrogens with one attached hydrogen (secondary N) is 2. The zero-order chi connectivity index (χ0) is 17.2. The molecule has 1 aromatic carbocycles. The van der Waals surface area contributed by atoms with E-state index in [4.69, 9.17) is 0 Å². The van der Waals surface area contributed by atoms with E-state index in [0.29, 0.717) is 6.54 Å². The Morgan fingerprint density at radius 2 is 1.96 bits per heavy atom. The van der Waals surface area contributed by atoms with Crippen molar-refractivity contribution in [3.05, 3.63) is 45.9 Å². The third kappa shape index (κ3) is 7.96. The average Bonchev–Trinajstić information content (AvgIpc) is 3.08. The molecule has 2 N–H and O–H groups in total. The molecule has 138 valence electrons. The van der Waals surface area contributed by atoms with Crippen molar-refractivity contribution in [1.29, 1.82) is 0 Å². The molecule has 0 saturated carbocycles. The van der Waals surface area contributed by atoms with Crippen molar-refractivity contribution in [1.82, 2.24) is 15.6 Å². The average molecular weight is 490 g/mol. The van der Waals surface area contributed by atoms with Crippen LogP contribution in [0.15, 0.2) is 40.4 Å². The molecule has 0 aliphatic rings. The van der Waals surface area contributed by atoms with Gasteiger partial charge in [0.05, 0.1) is 11.6 Å². The van der Waals surface area contributed by atoms with Crippen LogP contribution < -0.4 is 10.6 Å². The quantitative estimate of drug-likeness (QED) is 0.250. The lowest BCUT2D eigenvalue weighted by Gasteiger charge is -2.10. The van der Waals surface area contributed by atoms with Gasteiger partial charge in [0.1, 0.15) is 0 Å². The second-order valence-corrected chi connectivity index (χ2v) is 7.37. The van der Waals surface area contributed by atoms with Gasteiger partial charge in [-0.1, -0.05) is 19.1 Å². The zero-order valence-electron chi connectivity index (χ0n) is 15.0. The second kappa shape index (κ2) is 12.5. The number of hydrogen-bond donors (Lipinski definition) is 2. The first-order chi connectivity index (χ1) is 11.7. The van der Waals surface area contributed by atoms with Crippen molar-refractivity contribution >= 4 is 53.0 Å². The number of aromatic nitrogens is 1. The zero-order valence-corrected chi connectivity index (χ0v) is 19.0. The van der Waals surface area contributed by atoms with Gasteiger partial charge in [-0.2, -0.15) is 0 Å². The van der Waals surface area contributed by atoms with E-state index in [-0.39, 0.29) is 24.0 Å². The molecule has 2 aromatic rings. The summed E-state index contributed by atoms with van der Waals surface area (Å²) >= 11 is 3.56. The van der Waals surface area contributed by atoms with E-state index in [0.717, 1.165) is 31.9 Å². The van der Waals surface area contributed by atoms with Gasteiger partial charge in [0.15, 0.2) is 5.96 Å². The van der Waals surface area contributed by atoms with Gasteiger partial charge in [0, 0.05) is 35.5 Å². The van der Waals surface area contributed by atoms with Gasteiger partial charge in [-0.05, 0) is 37.3 Å². The highest BCUT2D eigenvalue weighted by Crippen LogP contribution is 2.15. The molecular weight excluding hydrogens is 463 g/mol. The van der Waals surface area contributed by atoms with E-state index in [2.05, 4.69) is 65.0 Å². The molecule has 4 nitrogen and oxygen atoms in total. The number of benzene rings is 1. The summed E-state index contributed by atoms with van der Waals surface area (Å²) in [6.07, 6.45) is 6.06. The van der Waals surface area contributed by atoms with Crippen molar-refractivity contribution in [2.45, 2.75) is 38.1 Å². The van der Waals surface area contributed by atoms with Crippen molar-refractivity contribution in [2.75, 3.05) is 19.3 Å². The molecule has 0 aliphatic heterocycles. The van der Waals surface area contributed by atoms with Gasteiger partial charge in [0.25, 0.3) is 0 Å². The molecule has 0 spiro atoms. The fourth-order valence-electron chi connectivity index (χ4n) is 2.16. The lowest BCUT2D eigenvalue weighted by molar-refractivity contribution is 0.796. The Hall–Kier alpha value is -0.800. The fraction of sp³-hybridized carbons (Fsp3) is 0.444. The van der Waals surface area contributed by atoms with Gasteiger partial charge >= 0.3 is 0 Å². The molecule has 1 heterocycles. The van der Waals surface area contributed by atoms with Crippen molar-refractivity contribution in [3.63, 3.8) is 0 Å². The number of aryl methyl sites for hydroxylation is 1. The Balaban J connectivity index is 0.00000312. The Bertz CT molecular complexity index is 641. The number of nitrogens with zero attached hydrogens (tertiary/aromatic N) is 2. The maximum absolute atomic E-state index is 4.66. The SMILES string of the molecule is CCNC(=NCc1ccc(SC)cc1)NCCc1ncc(CC)s1.I. The van der Waals surface area contributed by atoms with Crippen LogP contribution in [-0.2, 0) is 19.4 Å². The smallest absolute Gasteiger partial charge is 0.191 e. The topological polar surface area (TPSA) is 49.3 Å². The normalized spacial score (nSPS) is 11.1. The van der Waals surface area contributed by atoms with Crippen LogP contribution in [0.25, 0.3) is 0 Å². The number of hydrogen-bond acceptors (Lipinski definition) is 4. The summed E-state index contributed by atoms with van der Waals surface area (Å²) < 4.78 is 0. The van der Waals surface area contributed by atoms with Crippen LogP contribution in [0, 0.1) is 0 Å². The Morgan fingerprint density at radius 3 is 2.56 bits per heavy atom. The second-order valence-electron chi connectivity index (χ2n) is 5.29. The van der Waals surface area contributed by atoms with Crippen LogP contribution in [0.5, 0.6) is 0 Å². The van der Waals surface area contributed by atoms with Gasteiger partial charge in [-0.3, -0.25) is 0 Å². The largest absolute Gasteiger partial charge is 0.357 e. The van der Waals surface area contributed by atoms with Crippen molar-refractivity contribution in [3.8, 4) is 0 Å². The molecular formula is C18H27IN4S2. The molecule has 7 heteroatoms. The highest BCUT2D eigenvalue weighted by Gasteiger charge is 2.02. The molecule has 1 aromatic heterocycles. The van der Waals surface area contributed by atoms with Crippen LogP contribution in [0.2, 0.25) is 0 Å². The fourth-order valence-corrected chi connectivity index (χ4v) is 3.43. The van der Waals surface area contributed by atoms with Gasteiger partial charge in [-0.25, -0.2) is 9.98 Å². The molecule has 0 fully saturated rings. The predicted molar refractivity (Wildman–Crippen MR) is 122 cm³/mol. The number of rotatable bonds is 8. The lowest BCUT2D eigenvalue weighted by atomic mass is 10.2. The molecule has 0 radical (unpaired) electrons. The van der Waals surface area contributed by atoms with Gasteiger partial charge < -0.3 is 10.6 Å². The minimum absolute atomic E-state index is 0. The Labute approximate surface area is 176 Å². The number of thiazole rings is 1. The minimum atomic E-state index is 0. The molecule has 2 rings (SSSR count). The van der Waals surface area contributed by atoms with E-state index in [1.165, 1.54) is 20.3 Å². The Morgan fingerprint density at radius 1 is 1.20 bits per heavy atom. The van der Waals surface area contributed by atoms with Crippen LogP contribution in [-0.4, -0.2) is 30.3 Å². The predicted octanol–water partition coefficient (Wildman–Crippen LogP) is 4.34. The van der Waals surface area contributed by atoms with Crippen molar-refractivity contribution in [2.24, 2.45) is 4.99 Å². The summed E-state index contributed by atoms with van der Waals surface area (Å²) in [5.74, 6) is 0.860. The number of guanidine groups is 1. The van der Waals surface area contributed by atoms with Crippen LogP contribution in [0.4, 0.5) is 0 Å². The van der Waals surface area contributed by atoms with Crippen LogP contribution >= 0.6 is 47.1 Å². The number of halogens is 1. The molecule has 0 amide bonds. The monoisotopic (exact) mass is 490 g/mol. The van der Waals surface area contributed by atoms with Gasteiger partial charge in [-0.15, -0.1) is 47.1 Å². The van der Waals surface area contributed by atoms with E-state index in [1.54, 1.807) is 23.1 Å². The highest BCUT2D eigenvalue weighted by atomic mass is 127. The molecule has 0 saturated heterocycles. The standard InChI is InChI=1S/C18H26N4S2.HI/c1-4-15-13-21-17(24-15)10-11-20-18(19-5-2)22-12-14-6-8-16(23-3)9-7-14;/h6-9,13H,4-5,10-12H2,1-3H3,(H2,19,20,22);1H. The number of aliphatic imine (C=N–C) groups is 1. The molecule has 0 bridgehead atoms. The molecule has 0 unspecified atom stereocenters. The highest BCUT2D eigenvalue weighted by molar-refractivity contribution is 14.0. The first-order valence-electron chi connectivity index (χ1n) is 8.33. The maximum atomic E-state index is 4.66.